The molecule has 0 aliphatic heterocycles. The Morgan fingerprint density at radius 1 is 1.23 bits per heavy atom. The Labute approximate surface area is 78.8 Å². The summed E-state index contributed by atoms with van der Waals surface area (Å²) in [7, 11) is 0. The summed E-state index contributed by atoms with van der Waals surface area (Å²) >= 11 is 0. The zero-order valence-corrected chi connectivity index (χ0v) is 7.81. The lowest BCUT2D eigenvalue weighted by molar-refractivity contribution is -0.124. The van der Waals surface area contributed by atoms with Crippen LogP contribution >= 0.6 is 0 Å². The van der Waals surface area contributed by atoms with Gasteiger partial charge in [-0.05, 0) is 12.3 Å². The van der Waals surface area contributed by atoms with E-state index in [1.807, 2.05) is 24.3 Å². The van der Waals surface area contributed by atoms with Gasteiger partial charge in [0, 0.05) is 11.8 Å². The van der Waals surface area contributed by atoms with Crippen LogP contribution < -0.4 is 0 Å². The second kappa shape index (κ2) is 3.33. The van der Waals surface area contributed by atoms with Crippen LogP contribution in [0.3, 0.4) is 0 Å². The lowest BCUT2D eigenvalue weighted by Crippen LogP contribution is -2.22. The predicted molar refractivity (Wildman–Crippen MR) is 53.2 cm³/mol. The third-order valence-corrected chi connectivity index (χ3v) is 2.86. The lowest BCUT2D eigenvalue weighted by atomic mass is 9.86. The van der Waals surface area contributed by atoms with Crippen LogP contribution in [0.4, 0.5) is 0 Å². The van der Waals surface area contributed by atoms with Crippen molar-refractivity contribution < 1.29 is 4.79 Å². The molecule has 1 nitrogen and oxygen atoms in total. The average molecular weight is 174 g/mol. The van der Waals surface area contributed by atoms with E-state index in [0.717, 1.165) is 6.42 Å². The summed E-state index contributed by atoms with van der Waals surface area (Å²) in [5.41, 5.74) is 0. The molecule has 2 aliphatic rings. The van der Waals surface area contributed by atoms with Crippen molar-refractivity contribution in [1.82, 2.24) is 0 Å². The van der Waals surface area contributed by atoms with E-state index in [4.69, 9.17) is 0 Å². The number of carbonyl (C=O) groups excluding carboxylic acids is 1. The quantitative estimate of drug-likeness (QED) is 0.516. The van der Waals surface area contributed by atoms with Gasteiger partial charge in [0.15, 0.2) is 0 Å². The Balaban J connectivity index is 2.37. The van der Waals surface area contributed by atoms with Gasteiger partial charge in [-0.15, -0.1) is 0 Å². The highest BCUT2D eigenvalue weighted by Crippen LogP contribution is 2.28. The second-order valence-corrected chi connectivity index (χ2v) is 3.83. The van der Waals surface area contributed by atoms with E-state index in [2.05, 4.69) is 19.1 Å². The summed E-state index contributed by atoms with van der Waals surface area (Å²) in [6, 6.07) is 0. The minimum absolute atomic E-state index is 0.0961. The molecular weight excluding hydrogens is 160 g/mol. The summed E-state index contributed by atoms with van der Waals surface area (Å²) in [6.45, 7) is 2.11. The number of rotatable bonds is 0. The third-order valence-electron chi connectivity index (χ3n) is 2.86. The van der Waals surface area contributed by atoms with Crippen LogP contribution in [-0.4, -0.2) is 5.78 Å². The van der Waals surface area contributed by atoms with Crippen molar-refractivity contribution in [2.45, 2.75) is 13.3 Å². The van der Waals surface area contributed by atoms with Gasteiger partial charge in [0.25, 0.3) is 0 Å². The monoisotopic (exact) mass is 174 g/mol. The van der Waals surface area contributed by atoms with Crippen molar-refractivity contribution in [3.05, 3.63) is 36.5 Å². The molecule has 0 N–H and O–H groups in total. The molecule has 0 amide bonds. The van der Waals surface area contributed by atoms with E-state index < -0.39 is 0 Å². The summed E-state index contributed by atoms with van der Waals surface area (Å²) in [6.07, 6.45) is 13.2. The molecule has 0 heterocycles. The maximum Gasteiger partial charge on any atom is 0.147 e. The Morgan fingerprint density at radius 2 is 2.00 bits per heavy atom. The molecule has 0 unspecified atom stereocenters. The smallest absolute Gasteiger partial charge is 0.147 e. The Bertz CT molecular complexity index is 296. The van der Waals surface area contributed by atoms with E-state index in [-0.39, 0.29) is 11.8 Å². The Kier molecular flexibility index (Phi) is 2.17. The van der Waals surface area contributed by atoms with Crippen molar-refractivity contribution in [3.8, 4) is 0 Å². The number of allylic oxidation sites excluding steroid dienone is 6. The van der Waals surface area contributed by atoms with Gasteiger partial charge in [-0.2, -0.15) is 0 Å². The Hall–Kier alpha value is -1.11. The fourth-order valence-electron chi connectivity index (χ4n) is 2.01. The first kappa shape index (κ1) is 8.49. The van der Waals surface area contributed by atoms with Gasteiger partial charge in [-0.1, -0.05) is 43.4 Å². The molecule has 68 valence electrons. The topological polar surface area (TPSA) is 17.1 Å². The standard InChI is InChI=1S/C12H14O/c1-9-5-4-7-10-6-2-3-8-11(9)12(10)13/h2-6,8-11H,7H2,1H3/t9-,10-,11+/m0/s1. The van der Waals surface area contributed by atoms with E-state index in [9.17, 15) is 4.79 Å². The molecule has 0 saturated heterocycles. The lowest BCUT2D eigenvalue weighted by Gasteiger charge is -2.16. The molecule has 0 radical (unpaired) electrons. The highest BCUT2D eigenvalue weighted by atomic mass is 16.1. The van der Waals surface area contributed by atoms with E-state index >= 15 is 0 Å². The van der Waals surface area contributed by atoms with Crippen LogP contribution in [0.1, 0.15) is 13.3 Å². The zero-order valence-electron chi connectivity index (χ0n) is 7.81. The molecule has 2 rings (SSSR count). The molecule has 13 heavy (non-hydrogen) atoms. The molecule has 0 fully saturated rings. The molecule has 0 aromatic heterocycles. The van der Waals surface area contributed by atoms with Crippen LogP contribution in [0.15, 0.2) is 36.5 Å². The van der Waals surface area contributed by atoms with Gasteiger partial charge >= 0.3 is 0 Å². The first-order chi connectivity index (χ1) is 6.29. The molecule has 0 saturated carbocycles. The van der Waals surface area contributed by atoms with Crippen molar-refractivity contribution >= 4 is 5.78 Å². The normalized spacial score (nSPS) is 37.3. The van der Waals surface area contributed by atoms with Gasteiger partial charge in [-0.3, -0.25) is 4.79 Å². The molecule has 3 atom stereocenters. The van der Waals surface area contributed by atoms with Gasteiger partial charge in [0.2, 0.25) is 0 Å². The molecular formula is C12H14O. The molecule has 1 heteroatoms. The fraction of sp³-hybridized carbons (Fsp3) is 0.417. The van der Waals surface area contributed by atoms with Crippen molar-refractivity contribution in [1.29, 1.82) is 0 Å². The maximum absolute atomic E-state index is 11.9. The predicted octanol–water partition coefficient (Wildman–Crippen LogP) is 2.51. The van der Waals surface area contributed by atoms with Crippen LogP contribution in [0.25, 0.3) is 0 Å². The maximum atomic E-state index is 11.9. The first-order valence-corrected chi connectivity index (χ1v) is 4.84. The van der Waals surface area contributed by atoms with Gasteiger partial charge in [0.05, 0.1) is 0 Å². The molecule has 0 aromatic carbocycles. The van der Waals surface area contributed by atoms with Crippen LogP contribution in [0.5, 0.6) is 0 Å². The average Bonchev–Trinajstić information content (AvgIpc) is 2.36. The summed E-state index contributed by atoms with van der Waals surface area (Å²) in [5.74, 6) is 0.941. The molecule has 0 aromatic rings. The number of fused-ring (bicyclic) bond motifs is 2. The fourth-order valence-corrected chi connectivity index (χ4v) is 2.01. The summed E-state index contributed by atoms with van der Waals surface area (Å²) < 4.78 is 0. The molecule has 2 bridgehead atoms. The van der Waals surface area contributed by atoms with Crippen LogP contribution in [0.2, 0.25) is 0 Å². The van der Waals surface area contributed by atoms with Gasteiger partial charge in [0.1, 0.15) is 5.78 Å². The van der Waals surface area contributed by atoms with E-state index in [0.29, 0.717) is 11.7 Å². The number of ketones is 1. The van der Waals surface area contributed by atoms with Gasteiger partial charge < -0.3 is 0 Å². The minimum atomic E-state index is 0.0961. The van der Waals surface area contributed by atoms with Crippen molar-refractivity contribution in [2.24, 2.45) is 17.8 Å². The van der Waals surface area contributed by atoms with Crippen molar-refractivity contribution in [3.63, 3.8) is 0 Å². The summed E-state index contributed by atoms with van der Waals surface area (Å²) in [5, 5.41) is 0. The SMILES string of the molecule is C[C@H]1C=CC[C@@H]2C=CC=C[C@H]1C2=O. The highest BCUT2D eigenvalue weighted by molar-refractivity contribution is 5.88. The molecule has 2 aliphatic carbocycles. The largest absolute Gasteiger partial charge is 0.298 e. The molecule has 0 spiro atoms. The van der Waals surface area contributed by atoms with Crippen LogP contribution in [0, 0.1) is 17.8 Å². The van der Waals surface area contributed by atoms with E-state index in [1.54, 1.807) is 0 Å². The third kappa shape index (κ3) is 1.51. The Morgan fingerprint density at radius 3 is 2.85 bits per heavy atom. The number of Topliss-reactive ketones (excluding diaryl/α,β-unsaturated/α-hetero) is 1. The minimum Gasteiger partial charge on any atom is -0.298 e. The van der Waals surface area contributed by atoms with Gasteiger partial charge in [-0.25, -0.2) is 0 Å². The number of hydrogen-bond acceptors (Lipinski definition) is 1. The highest BCUT2D eigenvalue weighted by Gasteiger charge is 2.28. The van der Waals surface area contributed by atoms with Crippen LogP contribution in [-0.2, 0) is 4.79 Å². The summed E-state index contributed by atoms with van der Waals surface area (Å²) in [4.78, 5) is 11.9. The number of carbonyl (C=O) groups is 1. The second-order valence-electron chi connectivity index (χ2n) is 3.83. The first-order valence-electron chi connectivity index (χ1n) is 4.84. The van der Waals surface area contributed by atoms with E-state index in [1.165, 1.54) is 0 Å². The van der Waals surface area contributed by atoms with Crippen molar-refractivity contribution in [2.75, 3.05) is 0 Å². The zero-order chi connectivity index (χ0) is 9.26. The number of hydrogen-bond donors (Lipinski definition) is 0.